The minimum Gasteiger partial charge on any atom is -0.475 e. The maximum absolute atomic E-state index is 10.6. The molecule has 32 heavy (non-hydrogen) atoms. The Labute approximate surface area is 184 Å². The van der Waals surface area contributed by atoms with Crippen molar-refractivity contribution >= 4 is 24.1 Å². The van der Waals surface area contributed by atoms with E-state index in [4.69, 9.17) is 29.4 Å². The van der Waals surface area contributed by atoms with Gasteiger partial charge >= 0.3 is 19.3 Å². The van der Waals surface area contributed by atoms with Crippen LogP contribution in [-0.4, -0.2) is 42.0 Å². The number of carboxylic acids is 1. The fourth-order valence-corrected chi connectivity index (χ4v) is 5.62. The Balaban J connectivity index is 0.000000307. The Kier molecular flexibility index (Phi) is 5.62. The lowest BCUT2D eigenvalue weighted by Gasteiger charge is -2.64. The van der Waals surface area contributed by atoms with E-state index in [9.17, 15) is 13.2 Å². The summed E-state index contributed by atoms with van der Waals surface area (Å²) < 4.78 is 50.2. The van der Waals surface area contributed by atoms with Gasteiger partial charge in [0.05, 0.1) is 18.0 Å². The van der Waals surface area contributed by atoms with Crippen LogP contribution in [0.25, 0.3) is 11.0 Å². The number of nitrogens with two attached hydrogens (primary N) is 1. The van der Waals surface area contributed by atoms with E-state index in [-0.39, 0.29) is 24.8 Å². The first kappa shape index (κ1) is 23.1. The predicted octanol–water partition coefficient (Wildman–Crippen LogP) is 4.20. The number of halogens is 3. The average molecular weight is 453 g/mol. The van der Waals surface area contributed by atoms with Crippen LogP contribution in [0.15, 0.2) is 34.9 Å². The van der Waals surface area contributed by atoms with Crippen LogP contribution < -0.4 is 5.73 Å². The van der Waals surface area contributed by atoms with E-state index in [2.05, 4.69) is 26.8 Å². The van der Waals surface area contributed by atoms with Gasteiger partial charge in [-0.2, -0.15) is 13.2 Å². The van der Waals surface area contributed by atoms with Gasteiger partial charge < -0.3 is 24.6 Å². The van der Waals surface area contributed by atoms with Crippen molar-refractivity contribution in [2.24, 2.45) is 23.0 Å². The van der Waals surface area contributed by atoms with Crippen LogP contribution in [0.1, 0.15) is 39.2 Å². The van der Waals surface area contributed by atoms with Crippen molar-refractivity contribution in [1.29, 1.82) is 0 Å². The molecular formula is C22H27BF3NO5. The lowest BCUT2D eigenvalue weighted by Crippen LogP contribution is -2.65. The second kappa shape index (κ2) is 7.78. The van der Waals surface area contributed by atoms with Crippen LogP contribution in [0.2, 0.25) is 0 Å². The number of rotatable bonds is 3. The van der Waals surface area contributed by atoms with E-state index in [1.54, 1.807) is 0 Å². The molecule has 6 rings (SSSR count). The molecule has 6 nitrogen and oxygen atoms in total. The third kappa shape index (κ3) is 3.82. The van der Waals surface area contributed by atoms with Gasteiger partial charge in [0.1, 0.15) is 5.58 Å². The van der Waals surface area contributed by atoms with Crippen LogP contribution >= 0.6 is 0 Å². The number of benzene rings is 1. The maximum Gasteiger partial charge on any atom is 0.490 e. The van der Waals surface area contributed by atoms with Crippen molar-refractivity contribution in [3.63, 3.8) is 0 Å². The number of carbonyl (C=O) groups is 1. The van der Waals surface area contributed by atoms with Gasteiger partial charge in [0, 0.05) is 11.3 Å². The highest BCUT2D eigenvalue weighted by Crippen LogP contribution is 2.65. The molecule has 3 aliphatic carbocycles. The highest BCUT2D eigenvalue weighted by molar-refractivity contribution is 6.47. The Bertz CT molecular complexity index is 1010. The maximum atomic E-state index is 10.6. The number of aliphatic carboxylic acids is 1. The van der Waals surface area contributed by atoms with Gasteiger partial charge in [0.15, 0.2) is 0 Å². The second-order valence-corrected chi connectivity index (χ2v) is 9.77. The van der Waals surface area contributed by atoms with E-state index in [0.29, 0.717) is 17.8 Å². The summed E-state index contributed by atoms with van der Waals surface area (Å²) in [5.41, 5.74) is 8.70. The normalized spacial score (nSPS) is 31.3. The quantitative estimate of drug-likeness (QED) is 0.677. The molecule has 1 aromatic carbocycles. The number of furan rings is 1. The zero-order valence-electron chi connectivity index (χ0n) is 18.2. The highest BCUT2D eigenvalue weighted by atomic mass is 19.4. The molecule has 5 atom stereocenters. The minimum absolute atomic E-state index is 0.182. The molecule has 0 amide bonds. The lowest BCUT2D eigenvalue weighted by atomic mass is 9.43. The number of hydrogen-bond donors (Lipinski definition) is 2. The van der Waals surface area contributed by atoms with Gasteiger partial charge in [-0.25, -0.2) is 4.79 Å². The Morgan fingerprint density at radius 2 is 1.94 bits per heavy atom. The van der Waals surface area contributed by atoms with Gasteiger partial charge in [0.2, 0.25) is 0 Å². The summed E-state index contributed by atoms with van der Waals surface area (Å²) >= 11 is 0. The van der Waals surface area contributed by atoms with Gasteiger partial charge in [0.25, 0.3) is 0 Å². The molecule has 2 aromatic rings. The third-order valence-electron chi connectivity index (χ3n) is 7.58. The van der Waals surface area contributed by atoms with Gasteiger partial charge in [-0.05, 0) is 55.1 Å². The zero-order valence-corrected chi connectivity index (χ0v) is 18.2. The van der Waals surface area contributed by atoms with Crippen LogP contribution in [0, 0.1) is 17.3 Å². The molecule has 2 bridgehead atoms. The Hall–Kier alpha value is -2.04. The number of alkyl halides is 3. The first-order valence-electron chi connectivity index (χ1n) is 10.7. The van der Waals surface area contributed by atoms with Crippen molar-refractivity contribution in [3.05, 3.63) is 36.1 Å². The van der Waals surface area contributed by atoms with E-state index >= 15 is 0 Å². The average Bonchev–Trinajstić information content (AvgIpc) is 3.28. The largest absolute Gasteiger partial charge is 0.490 e. The first-order chi connectivity index (χ1) is 14.8. The summed E-state index contributed by atoms with van der Waals surface area (Å²) in [5.74, 6) is -1.63. The molecular weight excluding hydrogens is 426 g/mol. The third-order valence-corrected chi connectivity index (χ3v) is 7.58. The summed E-state index contributed by atoms with van der Waals surface area (Å²) in [6.07, 6.45) is -0.0346. The van der Waals surface area contributed by atoms with Crippen molar-refractivity contribution in [1.82, 2.24) is 0 Å². The molecule has 2 heterocycles. The molecule has 4 unspecified atom stereocenters. The predicted molar refractivity (Wildman–Crippen MR) is 112 cm³/mol. The molecule has 10 heteroatoms. The number of carboxylic acid groups (broad SMARTS) is 1. The molecule has 1 aliphatic heterocycles. The van der Waals surface area contributed by atoms with E-state index < -0.39 is 12.1 Å². The van der Waals surface area contributed by atoms with Crippen molar-refractivity contribution in [2.45, 2.75) is 63.9 Å². The number of fused-ring (bicyclic) bond motifs is 1. The Morgan fingerprint density at radius 3 is 2.56 bits per heavy atom. The lowest BCUT2D eigenvalue weighted by molar-refractivity contribution is -0.199. The standard InChI is InChI=1S/C20H26BNO3.C2HF3O2/c1-19(2)13-9-16(19)20(3)17(10-13)24-21(25-20)18(22)8-12-11-23-15-7-5-4-6-14(12)15;3-2(4,5)1(6)7/h4-7,11,13,16-18H,8-10,22H2,1-3H3;(H,6,7)/t13?,16?,17?,18?,20-;/m0./s1. The number of hydrogen-bond acceptors (Lipinski definition) is 5. The first-order valence-corrected chi connectivity index (χ1v) is 10.7. The van der Waals surface area contributed by atoms with Crippen LogP contribution in [-0.2, 0) is 20.5 Å². The van der Waals surface area contributed by atoms with Crippen molar-refractivity contribution < 1.29 is 36.8 Å². The molecule has 3 saturated carbocycles. The van der Waals surface area contributed by atoms with Gasteiger partial charge in [-0.15, -0.1) is 0 Å². The molecule has 1 saturated heterocycles. The van der Waals surface area contributed by atoms with Crippen LogP contribution in [0.5, 0.6) is 0 Å². The molecule has 0 spiro atoms. The molecule has 1 aromatic heterocycles. The smallest absolute Gasteiger partial charge is 0.475 e. The molecule has 4 aliphatic rings. The summed E-state index contributed by atoms with van der Waals surface area (Å²) in [6.45, 7) is 6.99. The zero-order chi connectivity index (χ0) is 23.5. The summed E-state index contributed by atoms with van der Waals surface area (Å²) in [7, 11) is -0.334. The molecule has 174 valence electrons. The monoisotopic (exact) mass is 453 g/mol. The molecule has 3 N–H and O–H groups in total. The highest BCUT2D eigenvalue weighted by Gasteiger charge is 2.68. The fraction of sp³-hybridized carbons (Fsp3) is 0.591. The summed E-state index contributed by atoms with van der Waals surface area (Å²) in [4.78, 5) is 8.90. The topological polar surface area (TPSA) is 94.9 Å². The van der Waals surface area contributed by atoms with Gasteiger partial charge in [-0.1, -0.05) is 32.0 Å². The summed E-state index contributed by atoms with van der Waals surface area (Å²) in [6, 6.07) is 8.08. The number of para-hydroxylation sites is 1. The van der Waals surface area contributed by atoms with Crippen LogP contribution in [0.4, 0.5) is 13.2 Å². The SMILES string of the molecule is CC1(C)C2CC3OB(C(N)Cc4coc5ccccc45)O[C@@]3(C)C1C2.O=C(O)C(F)(F)F. The molecule has 4 fully saturated rings. The van der Waals surface area contributed by atoms with E-state index in [0.717, 1.165) is 28.9 Å². The van der Waals surface area contributed by atoms with Crippen molar-refractivity contribution in [3.8, 4) is 0 Å². The fourth-order valence-electron chi connectivity index (χ4n) is 5.62. The van der Waals surface area contributed by atoms with Gasteiger partial charge in [-0.3, -0.25) is 0 Å². The van der Waals surface area contributed by atoms with E-state index in [1.165, 1.54) is 6.42 Å². The van der Waals surface area contributed by atoms with E-state index in [1.807, 2.05) is 24.5 Å². The van der Waals surface area contributed by atoms with Crippen molar-refractivity contribution in [2.75, 3.05) is 0 Å². The summed E-state index contributed by atoms with van der Waals surface area (Å²) in [5, 5.41) is 8.25. The second-order valence-electron chi connectivity index (χ2n) is 9.77. The molecule has 0 radical (unpaired) electrons. The Morgan fingerprint density at radius 1 is 1.28 bits per heavy atom. The van der Waals surface area contributed by atoms with Crippen LogP contribution in [0.3, 0.4) is 0 Å². The minimum atomic E-state index is -5.08.